The van der Waals surface area contributed by atoms with Crippen molar-refractivity contribution in [1.82, 2.24) is 0 Å². The van der Waals surface area contributed by atoms with Crippen LogP contribution in [0.15, 0.2) is 70.8 Å². The summed E-state index contributed by atoms with van der Waals surface area (Å²) in [6.45, 7) is 15.4. The first-order chi connectivity index (χ1) is 30.3. The summed E-state index contributed by atoms with van der Waals surface area (Å²) in [7, 11) is 3.16. The molecule has 3 fully saturated rings. The van der Waals surface area contributed by atoms with E-state index in [1.165, 1.54) is 6.92 Å². The molecule has 1 N–H and O–H groups in total. The zero-order chi connectivity index (χ0) is 45.6. The molecule has 2 aromatic carbocycles. The third kappa shape index (κ3) is 5.39. The number of benzene rings is 2. The van der Waals surface area contributed by atoms with Gasteiger partial charge in [0.1, 0.15) is 47.8 Å². The molecule has 11 rings (SSSR count). The molecule has 13 heteroatoms. The van der Waals surface area contributed by atoms with Gasteiger partial charge in [-0.1, -0.05) is 33.8 Å². The lowest BCUT2D eigenvalue weighted by Gasteiger charge is -2.64. The van der Waals surface area contributed by atoms with Gasteiger partial charge < -0.3 is 42.7 Å². The molecule has 1 spiro atoms. The molecule has 4 aliphatic heterocycles. The van der Waals surface area contributed by atoms with Gasteiger partial charge in [0, 0.05) is 47.3 Å². The topological polar surface area (TPSA) is 170 Å². The second-order valence-corrected chi connectivity index (χ2v) is 20.4. The van der Waals surface area contributed by atoms with Crippen LogP contribution in [0.4, 0.5) is 0 Å². The number of esters is 1. The van der Waals surface area contributed by atoms with E-state index in [0.29, 0.717) is 59.5 Å². The molecule has 4 aliphatic carbocycles. The average molecular weight is 877 g/mol. The van der Waals surface area contributed by atoms with Crippen molar-refractivity contribution >= 4 is 23.3 Å². The summed E-state index contributed by atoms with van der Waals surface area (Å²) < 4.78 is 47.1. The second kappa shape index (κ2) is 14.0. The molecule has 2 saturated carbocycles. The minimum absolute atomic E-state index is 0.0452. The fourth-order valence-corrected chi connectivity index (χ4v) is 13.7. The molecular formula is C51H56O13. The van der Waals surface area contributed by atoms with Gasteiger partial charge in [-0.05, 0) is 86.9 Å². The SMILES string of the molecule is CC(=O)OC1CC2(C)C(c3ccoc3)CC3OC32C2(C)C(=O)C(O)=C3C(C)(C)C(=O)C=CC3(C)C12.COc1cc2c(cc1OC)C1C(=O)c3ccc4c(c3OC1CO2)CC(C(C)C)O4. The van der Waals surface area contributed by atoms with Gasteiger partial charge in [-0.15, -0.1) is 0 Å². The lowest BCUT2D eigenvalue weighted by Crippen LogP contribution is -2.70. The van der Waals surface area contributed by atoms with Crippen LogP contribution in [0.3, 0.4) is 0 Å². The Morgan fingerprint density at radius 2 is 1.69 bits per heavy atom. The number of carbonyl (C=O) groups is 4. The standard InChI is InChI=1S/C28H32O7.C23H24O6/c1-14(29)34-17-12-26(5)16(15-8-10-33-13-15)11-19-28(26,35-19)27(6)21(17)25(4)9-7-18(30)24(2,3)22(25)20(31)23(27)32;1-11(2)16-8-14-15(28-16)6-5-12-22(24)21-13-7-18(25-3)19(26-4)9-17(13)27-10-20(21)29-23(12)14/h7-10,13,16-17,19,21,31H,11-12H2,1-6H3;5-7,9,11,16,20-21H,8,10H2,1-4H3. The van der Waals surface area contributed by atoms with Gasteiger partial charge in [0.25, 0.3) is 0 Å². The van der Waals surface area contributed by atoms with E-state index in [2.05, 4.69) is 20.8 Å². The highest BCUT2D eigenvalue weighted by atomic mass is 16.6. The van der Waals surface area contributed by atoms with Gasteiger partial charge in [-0.25, -0.2) is 0 Å². The Bertz CT molecular complexity index is 2580. The predicted octanol–water partition coefficient (Wildman–Crippen LogP) is 8.22. The van der Waals surface area contributed by atoms with Crippen LogP contribution in [0.1, 0.15) is 107 Å². The van der Waals surface area contributed by atoms with Gasteiger partial charge in [-0.3, -0.25) is 19.2 Å². The van der Waals surface area contributed by atoms with Gasteiger partial charge in [0.15, 0.2) is 28.8 Å². The highest BCUT2D eigenvalue weighted by Gasteiger charge is 2.89. The van der Waals surface area contributed by atoms with E-state index in [-0.39, 0.29) is 41.6 Å². The van der Waals surface area contributed by atoms with Crippen molar-refractivity contribution in [3.63, 3.8) is 0 Å². The Morgan fingerprint density at radius 3 is 2.36 bits per heavy atom. The first kappa shape index (κ1) is 42.4. The molecular weight excluding hydrogens is 821 g/mol. The normalized spacial score (nSPS) is 36.5. The van der Waals surface area contributed by atoms with Crippen LogP contribution in [0.5, 0.6) is 28.7 Å². The van der Waals surface area contributed by atoms with Crippen LogP contribution in [0.2, 0.25) is 0 Å². The Hall–Kier alpha value is -5.56. The average Bonchev–Trinajstić information content (AvgIpc) is 3.53. The Morgan fingerprint density at radius 1 is 0.953 bits per heavy atom. The molecule has 13 nitrogen and oxygen atoms in total. The number of ketones is 3. The Labute approximate surface area is 372 Å². The van der Waals surface area contributed by atoms with Crippen molar-refractivity contribution in [2.75, 3.05) is 20.8 Å². The summed E-state index contributed by atoms with van der Waals surface area (Å²) in [6.07, 6.45) is 7.65. The number of epoxide rings is 1. The van der Waals surface area contributed by atoms with E-state index >= 15 is 0 Å². The van der Waals surface area contributed by atoms with Crippen LogP contribution in [-0.4, -0.2) is 79.3 Å². The van der Waals surface area contributed by atoms with Crippen LogP contribution in [0.25, 0.3) is 0 Å². The fourth-order valence-electron chi connectivity index (χ4n) is 13.7. The summed E-state index contributed by atoms with van der Waals surface area (Å²) in [5.74, 6) is 1.40. The maximum absolute atomic E-state index is 14.3. The maximum Gasteiger partial charge on any atom is 0.302 e. The molecule has 11 unspecified atom stereocenters. The van der Waals surface area contributed by atoms with Crippen molar-refractivity contribution in [3.05, 3.63) is 88.6 Å². The number of Topliss-reactive ketones (excluding diaryl/α,β-unsaturated/α-hetero) is 2. The first-order valence-corrected chi connectivity index (χ1v) is 22.3. The van der Waals surface area contributed by atoms with Crippen molar-refractivity contribution in [2.24, 2.45) is 33.5 Å². The van der Waals surface area contributed by atoms with Gasteiger partial charge >= 0.3 is 5.97 Å². The van der Waals surface area contributed by atoms with Crippen LogP contribution >= 0.6 is 0 Å². The smallest absolute Gasteiger partial charge is 0.302 e. The van der Waals surface area contributed by atoms with Gasteiger partial charge in [0.2, 0.25) is 5.78 Å². The number of fused-ring (bicyclic) bond motifs is 9. The third-order valence-electron chi connectivity index (χ3n) is 16.5. The number of aliphatic hydroxyl groups is 1. The van der Waals surface area contributed by atoms with E-state index in [4.69, 9.17) is 37.6 Å². The lowest BCUT2D eigenvalue weighted by atomic mass is 9.38. The maximum atomic E-state index is 14.3. The summed E-state index contributed by atoms with van der Waals surface area (Å²) in [5, 5.41) is 11.5. The molecule has 338 valence electrons. The highest BCUT2D eigenvalue weighted by molar-refractivity contribution is 6.07. The summed E-state index contributed by atoms with van der Waals surface area (Å²) in [6, 6.07) is 9.26. The Balaban J connectivity index is 0.000000154. The number of hydrogen-bond acceptors (Lipinski definition) is 13. The number of ether oxygens (including phenoxy) is 7. The van der Waals surface area contributed by atoms with Crippen LogP contribution < -0.4 is 23.7 Å². The monoisotopic (exact) mass is 876 g/mol. The van der Waals surface area contributed by atoms with E-state index < -0.39 is 57.0 Å². The van der Waals surface area contributed by atoms with E-state index in [0.717, 1.165) is 28.9 Å². The largest absolute Gasteiger partial charge is 0.504 e. The number of rotatable bonds is 5. The molecule has 0 bridgehead atoms. The number of methoxy groups -OCH3 is 2. The van der Waals surface area contributed by atoms with Gasteiger partial charge in [-0.2, -0.15) is 0 Å². The van der Waals surface area contributed by atoms with Crippen molar-refractivity contribution in [3.8, 4) is 28.7 Å². The zero-order valence-corrected chi connectivity index (χ0v) is 38.0. The molecule has 8 aliphatic rings. The van der Waals surface area contributed by atoms with Crippen LogP contribution in [-0.2, 0) is 30.3 Å². The quantitative estimate of drug-likeness (QED) is 0.192. The second-order valence-electron chi connectivity index (χ2n) is 20.4. The Kier molecular flexibility index (Phi) is 9.25. The number of furan rings is 1. The zero-order valence-electron chi connectivity index (χ0n) is 38.0. The molecule has 1 saturated heterocycles. The number of aliphatic hydroxyl groups excluding tert-OH is 1. The lowest BCUT2D eigenvalue weighted by molar-refractivity contribution is -0.200. The molecule has 0 radical (unpaired) electrons. The van der Waals surface area contributed by atoms with E-state index in [9.17, 15) is 24.3 Å². The summed E-state index contributed by atoms with van der Waals surface area (Å²) in [5.41, 5.74) is -0.685. The van der Waals surface area contributed by atoms with E-state index in [1.807, 2.05) is 38.1 Å². The van der Waals surface area contributed by atoms with Gasteiger partial charge in [0.05, 0.1) is 55.2 Å². The molecule has 0 amide bonds. The van der Waals surface area contributed by atoms with E-state index in [1.54, 1.807) is 58.8 Å². The minimum Gasteiger partial charge on any atom is -0.504 e. The number of hydrogen-bond donors (Lipinski definition) is 1. The molecule has 64 heavy (non-hydrogen) atoms. The number of allylic oxidation sites excluding steroid dienone is 4. The number of carbonyl (C=O) groups excluding carboxylic acids is 4. The molecule has 1 aromatic heterocycles. The summed E-state index contributed by atoms with van der Waals surface area (Å²) >= 11 is 0. The fraction of sp³-hybridized carbons (Fsp3) is 0.529. The van der Waals surface area contributed by atoms with Crippen molar-refractivity contribution in [2.45, 2.75) is 117 Å². The highest BCUT2D eigenvalue weighted by Crippen LogP contribution is 2.81. The summed E-state index contributed by atoms with van der Waals surface area (Å²) in [4.78, 5) is 53.1. The molecule has 3 aromatic rings. The van der Waals surface area contributed by atoms with Crippen LogP contribution in [0, 0.1) is 33.5 Å². The minimum atomic E-state index is -1.17. The molecule has 5 heterocycles. The van der Waals surface area contributed by atoms with Crippen molar-refractivity contribution < 1.29 is 61.9 Å². The third-order valence-corrected chi connectivity index (χ3v) is 16.5. The first-order valence-electron chi connectivity index (χ1n) is 22.3. The predicted molar refractivity (Wildman–Crippen MR) is 230 cm³/mol. The molecule has 11 atom stereocenters. The van der Waals surface area contributed by atoms with Crippen molar-refractivity contribution in [1.29, 1.82) is 0 Å².